The summed E-state index contributed by atoms with van der Waals surface area (Å²) in [4.78, 5) is 0. The van der Waals surface area contributed by atoms with Crippen LogP contribution in [0.3, 0.4) is 0 Å². The minimum absolute atomic E-state index is 0.126. The van der Waals surface area contributed by atoms with E-state index in [2.05, 4.69) is 114 Å². The zero-order valence-electron chi connectivity index (χ0n) is 22.8. The van der Waals surface area contributed by atoms with Gasteiger partial charge in [0.25, 0.3) is 0 Å². The number of phenolic OH excluding ortho intramolecular Hbond substituents is 2. The van der Waals surface area contributed by atoms with Crippen LogP contribution in [0.4, 0.5) is 0 Å². The first kappa shape index (κ1) is 26.3. The summed E-state index contributed by atoms with van der Waals surface area (Å²) in [5, 5.41) is 22.3. The number of aromatic hydroxyl groups is 2. The number of benzene rings is 2. The predicted molar refractivity (Wildman–Crippen MR) is 139 cm³/mol. The lowest BCUT2D eigenvalue weighted by molar-refractivity contribution is 0.422. The highest BCUT2D eigenvalue weighted by Crippen LogP contribution is 2.45. The largest absolute Gasteiger partial charge is 0.507 e. The van der Waals surface area contributed by atoms with Crippen LogP contribution in [0.5, 0.6) is 11.5 Å². The maximum atomic E-state index is 11.1. The van der Waals surface area contributed by atoms with Crippen LogP contribution in [0.2, 0.25) is 0 Å². The number of phenols is 2. The molecule has 0 saturated carbocycles. The van der Waals surface area contributed by atoms with Crippen LogP contribution in [-0.2, 0) is 21.7 Å². The number of hydrogen-bond donors (Lipinski definition) is 2. The fourth-order valence-corrected chi connectivity index (χ4v) is 4.29. The number of rotatable bonds is 2. The van der Waals surface area contributed by atoms with Crippen LogP contribution < -0.4 is 0 Å². The summed E-state index contributed by atoms with van der Waals surface area (Å²) in [5.74, 6) is 0.954. The summed E-state index contributed by atoms with van der Waals surface area (Å²) >= 11 is 0. The van der Waals surface area contributed by atoms with Crippen LogP contribution in [0.1, 0.15) is 129 Å². The molecule has 2 rings (SSSR count). The lowest BCUT2D eigenvalue weighted by Gasteiger charge is -2.31. The third-order valence-electron chi connectivity index (χ3n) is 6.50. The molecule has 2 heteroatoms. The van der Waals surface area contributed by atoms with Gasteiger partial charge in [-0.3, -0.25) is 0 Å². The van der Waals surface area contributed by atoms with E-state index in [0.717, 1.165) is 22.3 Å². The van der Waals surface area contributed by atoms with Crippen molar-refractivity contribution in [1.29, 1.82) is 0 Å². The second-order valence-electron chi connectivity index (χ2n) is 13.7. The van der Waals surface area contributed by atoms with Gasteiger partial charge in [-0.15, -0.1) is 0 Å². The van der Waals surface area contributed by atoms with Gasteiger partial charge in [-0.1, -0.05) is 114 Å². The van der Waals surface area contributed by atoms with Crippen molar-refractivity contribution < 1.29 is 10.2 Å². The zero-order chi connectivity index (χ0) is 25.0. The second-order valence-corrected chi connectivity index (χ2v) is 13.7. The van der Waals surface area contributed by atoms with Crippen molar-refractivity contribution in [2.75, 3.05) is 0 Å². The fraction of sp³-hybridized carbons (Fsp3) is 0.600. The molecule has 0 unspecified atom stereocenters. The maximum absolute atomic E-state index is 11.1. The Hall–Kier alpha value is -1.96. The Labute approximate surface area is 197 Å². The molecule has 0 radical (unpaired) electrons. The summed E-state index contributed by atoms with van der Waals surface area (Å²) in [7, 11) is 0. The van der Waals surface area contributed by atoms with E-state index in [9.17, 15) is 10.2 Å². The second kappa shape index (κ2) is 8.12. The SMILES string of the molecule is CC(c1cc(C(C)(C)C)c(O)c(C(C)(C)C)c1)c1cc(C(C)(C)C)c(O)c(C(C)(C)C)c1. The first-order valence-corrected chi connectivity index (χ1v) is 11.9. The standard InChI is InChI=1S/C30H46O2/c1-18(19-14-21(27(2,3)4)25(31)22(15-19)28(5,6)7)20-16-23(29(8,9)10)26(32)24(17-20)30(11,12)13/h14-18,31-32H,1-13H3. The number of hydrogen-bond acceptors (Lipinski definition) is 2. The molecule has 0 fully saturated rings. The third kappa shape index (κ3) is 5.33. The highest BCUT2D eigenvalue weighted by molar-refractivity contribution is 5.55. The Balaban J connectivity index is 2.84. The molecule has 0 heterocycles. The molecule has 2 N–H and O–H groups in total. The lowest BCUT2D eigenvalue weighted by Crippen LogP contribution is -2.19. The van der Waals surface area contributed by atoms with Gasteiger partial charge in [-0.25, -0.2) is 0 Å². The molecule has 0 aliphatic carbocycles. The first-order valence-electron chi connectivity index (χ1n) is 11.9. The molecular formula is C30H46O2. The predicted octanol–water partition coefficient (Wildman–Crippen LogP) is 8.44. The molecule has 0 bridgehead atoms. The van der Waals surface area contributed by atoms with Gasteiger partial charge in [-0.05, 0) is 55.0 Å². The lowest BCUT2D eigenvalue weighted by atomic mass is 9.74. The van der Waals surface area contributed by atoms with Gasteiger partial charge in [0.15, 0.2) is 0 Å². The Morgan fingerprint density at radius 1 is 0.469 bits per heavy atom. The van der Waals surface area contributed by atoms with Crippen LogP contribution in [0.25, 0.3) is 0 Å². The van der Waals surface area contributed by atoms with Gasteiger partial charge < -0.3 is 10.2 Å². The van der Waals surface area contributed by atoms with Gasteiger partial charge in [0, 0.05) is 5.92 Å². The summed E-state index contributed by atoms with van der Waals surface area (Å²) in [5.41, 5.74) is 5.67. The molecule has 2 aromatic carbocycles. The summed E-state index contributed by atoms with van der Waals surface area (Å²) in [6.45, 7) is 28.1. The minimum atomic E-state index is -0.165. The molecule has 0 spiro atoms. The monoisotopic (exact) mass is 438 g/mol. The topological polar surface area (TPSA) is 40.5 Å². The van der Waals surface area contributed by atoms with Crippen molar-refractivity contribution in [2.45, 2.75) is 118 Å². The molecule has 0 aliphatic rings. The quantitative estimate of drug-likeness (QED) is 0.494. The van der Waals surface area contributed by atoms with Crippen LogP contribution in [0, 0.1) is 0 Å². The Bertz CT molecular complexity index is 832. The van der Waals surface area contributed by atoms with Crippen molar-refractivity contribution in [3.8, 4) is 11.5 Å². The van der Waals surface area contributed by atoms with Crippen molar-refractivity contribution in [2.24, 2.45) is 0 Å². The van der Waals surface area contributed by atoms with E-state index in [1.54, 1.807) is 0 Å². The third-order valence-corrected chi connectivity index (χ3v) is 6.50. The molecule has 0 amide bonds. The average molecular weight is 439 g/mol. The van der Waals surface area contributed by atoms with Crippen LogP contribution in [0.15, 0.2) is 24.3 Å². The normalized spacial score (nSPS) is 13.7. The highest BCUT2D eigenvalue weighted by atomic mass is 16.3. The summed E-state index contributed by atoms with van der Waals surface area (Å²) in [6.07, 6.45) is 0. The zero-order valence-corrected chi connectivity index (χ0v) is 22.8. The van der Waals surface area contributed by atoms with Gasteiger partial charge in [0.1, 0.15) is 11.5 Å². The van der Waals surface area contributed by atoms with Crippen LogP contribution >= 0.6 is 0 Å². The van der Waals surface area contributed by atoms with E-state index in [1.165, 1.54) is 11.1 Å². The fourth-order valence-electron chi connectivity index (χ4n) is 4.29. The first-order chi connectivity index (χ1) is 14.2. The Morgan fingerprint density at radius 2 is 0.656 bits per heavy atom. The molecule has 32 heavy (non-hydrogen) atoms. The molecule has 178 valence electrons. The van der Waals surface area contributed by atoms with E-state index in [1.807, 2.05) is 0 Å². The average Bonchev–Trinajstić information content (AvgIpc) is 2.57. The molecule has 0 aromatic heterocycles. The molecule has 0 saturated heterocycles. The van der Waals surface area contributed by atoms with E-state index >= 15 is 0 Å². The maximum Gasteiger partial charge on any atom is 0.123 e. The molecule has 2 nitrogen and oxygen atoms in total. The molecule has 0 atom stereocenters. The summed E-state index contributed by atoms with van der Waals surface area (Å²) < 4.78 is 0. The van der Waals surface area contributed by atoms with Gasteiger partial charge in [0.2, 0.25) is 0 Å². The minimum Gasteiger partial charge on any atom is -0.507 e. The Kier molecular flexibility index (Phi) is 6.67. The van der Waals surface area contributed by atoms with Crippen molar-refractivity contribution in [3.05, 3.63) is 57.6 Å². The molecule has 2 aromatic rings. The van der Waals surface area contributed by atoms with Gasteiger partial charge in [-0.2, -0.15) is 0 Å². The Morgan fingerprint density at radius 3 is 0.812 bits per heavy atom. The van der Waals surface area contributed by atoms with Crippen molar-refractivity contribution >= 4 is 0 Å². The van der Waals surface area contributed by atoms with E-state index in [4.69, 9.17) is 0 Å². The summed E-state index contributed by atoms with van der Waals surface area (Å²) in [6, 6.07) is 8.70. The highest BCUT2D eigenvalue weighted by Gasteiger charge is 2.30. The van der Waals surface area contributed by atoms with E-state index in [-0.39, 0.29) is 27.6 Å². The van der Waals surface area contributed by atoms with Crippen molar-refractivity contribution in [3.63, 3.8) is 0 Å². The van der Waals surface area contributed by atoms with E-state index in [0.29, 0.717) is 11.5 Å². The molecular weight excluding hydrogens is 392 g/mol. The smallest absolute Gasteiger partial charge is 0.123 e. The van der Waals surface area contributed by atoms with Gasteiger partial charge >= 0.3 is 0 Å². The van der Waals surface area contributed by atoms with E-state index < -0.39 is 0 Å². The van der Waals surface area contributed by atoms with Gasteiger partial charge in [0.05, 0.1) is 0 Å². The van der Waals surface area contributed by atoms with Crippen molar-refractivity contribution in [1.82, 2.24) is 0 Å². The molecule has 0 aliphatic heterocycles. The van der Waals surface area contributed by atoms with Crippen LogP contribution in [-0.4, -0.2) is 10.2 Å².